The van der Waals surface area contributed by atoms with Crippen LogP contribution in [-0.2, 0) is 4.79 Å². The lowest BCUT2D eigenvalue weighted by Crippen LogP contribution is -2.39. The molecule has 2 aliphatic rings. The fraction of sp³-hybridized carbons (Fsp3) is 0.0741. The fourth-order valence-electron chi connectivity index (χ4n) is 3.98. The Morgan fingerprint density at radius 1 is 1.03 bits per heavy atom. The highest BCUT2D eigenvalue weighted by atomic mass is 32.2. The SMILES string of the molecule is O=C(CSC1=N/C(=C/c2ccc3c(c2)OCO3)C(=O)N1c1ccccc1)c1c([O-])on[n+]1-c1ccccc1. The molecule has 4 aromatic rings. The molecule has 0 fully saturated rings. The van der Waals surface area contributed by atoms with Crippen molar-refractivity contribution in [3.63, 3.8) is 0 Å². The lowest BCUT2D eigenvalue weighted by molar-refractivity contribution is -0.672. The van der Waals surface area contributed by atoms with Crippen LogP contribution < -0.4 is 24.2 Å². The second kappa shape index (κ2) is 9.87. The van der Waals surface area contributed by atoms with Gasteiger partial charge in [0.1, 0.15) is 5.70 Å². The average molecular weight is 527 g/mol. The number of thioether (sulfide) groups is 1. The highest BCUT2D eigenvalue weighted by Crippen LogP contribution is 2.34. The minimum atomic E-state index is -0.841. The maximum atomic E-state index is 13.4. The molecule has 188 valence electrons. The fourth-order valence-corrected chi connectivity index (χ4v) is 4.86. The van der Waals surface area contributed by atoms with Gasteiger partial charge in [0.2, 0.25) is 18.3 Å². The first kappa shape index (κ1) is 23.5. The van der Waals surface area contributed by atoms with E-state index in [1.54, 1.807) is 72.8 Å². The minimum absolute atomic E-state index is 0.143. The van der Waals surface area contributed by atoms with Gasteiger partial charge in [-0.1, -0.05) is 54.2 Å². The van der Waals surface area contributed by atoms with Gasteiger partial charge >= 0.3 is 5.69 Å². The normalized spacial score (nSPS) is 15.3. The van der Waals surface area contributed by atoms with Crippen LogP contribution in [0.1, 0.15) is 16.1 Å². The summed E-state index contributed by atoms with van der Waals surface area (Å²) >= 11 is 1.04. The average Bonchev–Trinajstić information content (AvgIpc) is 3.65. The predicted molar refractivity (Wildman–Crippen MR) is 136 cm³/mol. The number of anilines is 1. The molecule has 0 bridgehead atoms. The summed E-state index contributed by atoms with van der Waals surface area (Å²) in [5, 5.41) is 16.3. The Hall–Kier alpha value is -4.90. The maximum Gasteiger partial charge on any atom is 0.307 e. The van der Waals surface area contributed by atoms with Crippen LogP contribution in [0.4, 0.5) is 5.69 Å². The summed E-state index contributed by atoms with van der Waals surface area (Å²) in [7, 11) is 0. The number of ketones is 1. The van der Waals surface area contributed by atoms with Crippen LogP contribution >= 0.6 is 11.8 Å². The highest BCUT2D eigenvalue weighted by Gasteiger charge is 2.34. The zero-order valence-corrected chi connectivity index (χ0v) is 20.5. The van der Waals surface area contributed by atoms with Crippen molar-refractivity contribution in [3.05, 3.63) is 95.8 Å². The molecular weight excluding hydrogens is 508 g/mol. The molecule has 10 nitrogen and oxygen atoms in total. The number of ether oxygens (including phenoxy) is 2. The summed E-state index contributed by atoms with van der Waals surface area (Å²) in [5.74, 6) is -0.655. The smallest absolute Gasteiger partial charge is 0.307 e. The summed E-state index contributed by atoms with van der Waals surface area (Å²) < 4.78 is 16.7. The lowest BCUT2D eigenvalue weighted by atomic mass is 10.1. The molecule has 0 spiro atoms. The van der Waals surface area contributed by atoms with Gasteiger partial charge in [-0.15, -0.1) is 0 Å². The van der Waals surface area contributed by atoms with Gasteiger partial charge in [0.25, 0.3) is 5.91 Å². The third-order valence-corrected chi connectivity index (χ3v) is 6.69. The number of fused-ring (bicyclic) bond motifs is 1. The van der Waals surface area contributed by atoms with Crippen LogP contribution in [0.25, 0.3) is 11.8 Å². The van der Waals surface area contributed by atoms with Crippen LogP contribution in [0, 0.1) is 0 Å². The second-order valence-electron chi connectivity index (χ2n) is 8.18. The van der Waals surface area contributed by atoms with E-state index >= 15 is 0 Å². The van der Waals surface area contributed by atoms with E-state index in [0.717, 1.165) is 11.8 Å². The third kappa shape index (κ3) is 4.39. The molecule has 0 saturated carbocycles. The molecule has 6 rings (SSSR count). The van der Waals surface area contributed by atoms with Crippen molar-refractivity contribution in [2.75, 3.05) is 17.4 Å². The largest absolute Gasteiger partial charge is 0.539 e. The Kier molecular flexibility index (Phi) is 6.10. The van der Waals surface area contributed by atoms with E-state index < -0.39 is 11.7 Å². The molecule has 3 heterocycles. The van der Waals surface area contributed by atoms with Gasteiger partial charge in [0.05, 0.1) is 16.7 Å². The van der Waals surface area contributed by atoms with Gasteiger partial charge in [0, 0.05) is 12.1 Å². The first-order valence-electron chi connectivity index (χ1n) is 11.5. The number of hydrogen-bond donors (Lipinski definition) is 0. The molecule has 0 saturated heterocycles. The second-order valence-corrected chi connectivity index (χ2v) is 9.12. The van der Waals surface area contributed by atoms with Gasteiger partial charge in [-0.3, -0.25) is 14.5 Å². The number of aromatic nitrogens is 2. The quantitative estimate of drug-likeness (QED) is 0.213. The Morgan fingerprint density at radius 2 is 1.76 bits per heavy atom. The molecule has 38 heavy (non-hydrogen) atoms. The van der Waals surface area contributed by atoms with E-state index in [0.29, 0.717) is 33.6 Å². The third-order valence-electron chi connectivity index (χ3n) is 5.75. The van der Waals surface area contributed by atoms with E-state index in [9.17, 15) is 14.7 Å². The Labute approximate surface area is 220 Å². The number of carbonyl (C=O) groups excluding carboxylic acids is 2. The van der Waals surface area contributed by atoms with Crippen molar-refractivity contribution in [3.8, 4) is 23.1 Å². The van der Waals surface area contributed by atoms with Gasteiger partial charge < -0.3 is 19.1 Å². The molecule has 0 atom stereocenters. The van der Waals surface area contributed by atoms with E-state index in [-0.39, 0.29) is 29.8 Å². The van der Waals surface area contributed by atoms with E-state index in [2.05, 4.69) is 10.3 Å². The number of rotatable bonds is 6. The molecular formula is C27H18N4O6S. The van der Waals surface area contributed by atoms with Crippen LogP contribution in [-0.4, -0.2) is 34.7 Å². The van der Waals surface area contributed by atoms with Crippen molar-refractivity contribution >= 4 is 40.4 Å². The van der Waals surface area contributed by atoms with Crippen molar-refractivity contribution in [1.29, 1.82) is 0 Å². The molecule has 11 heteroatoms. The number of benzene rings is 3. The van der Waals surface area contributed by atoms with Gasteiger partial charge in [-0.25, -0.2) is 4.99 Å². The number of aliphatic imine (C=N–C) groups is 1. The minimum Gasteiger partial charge on any atom is -0.539 e. The topological polar surface area (TPSA) is 121 Å². The summed E-state index contributed by atoms with van der Waals surface area (Å²) in [6, 6.07) is 23.1. The Morgan fingerprint density at radius 3 is 2.55 bits per heavy atom. The zero-order valence-electron chi connectivity index (χ0n) is 19.6. The predicted octanol–water partition coefficient (Wildman–Crippen LogP) is 3.11. The van der Waals surface area contributed by atoms with E-state index in [1.807, 2.05) is 12.1 Å². The molecule has 0 radical (unpaired) electrons. The van der Waals surface area contributed by atoms with Crippen LogP contribution in [0.15, 0.2) is 94.1 Å². The van der Waals surface area contributed by atoms with Crippen molar-refractivity contribution in [2.45, 2.75) is 0 Å². The summed E-state index contributed by atoms with van der Waals surface area (Å²) in [6.45, 7) is 0.143. The van der Waals surface area contributed by atoms with Crippen LogP contribution in [0.2, 0.25) is 0 Å². The lowest BCUT2D eigenvalue weighted by Gasteiger charge is -2.17. The number of amidine groups is 1. The van der Waals surface area contributed by atoms with Crippen molar-refractivity contribution in [1.82, 2.24) is 5.27 Å². The first-order chi connectivity index (χ1) is 18.6. The van der Waals surface area contributed by atoms with E-state index in [4.69, 9.17) is 14.0 Å². The number of hydrogen-bond acceptors (Lipinski definition) is 9. The number of amides is 1. The molecule has 1 amide bonds. The molecule has 1 aromatic heterocycles. The van der Waals surface area contributed by atoms with Crippen molar-refractivity contribution < 1.29 is 33.4 Å². The summed E-state index contributed by atoms with van der Waals surface area (Å²) in [4.78, 5) is 32.6. The molecule has 3 aromatic carbocycles. The Bertz CT molecular complexity index is 1600. The number of para-hydroxylation sites is 2. The summed E-state index contributed by atoms with van der Waals surface area (Å²) in [5.41, 5.74) is 1.80. The van der Waals surface area contributed by atoms with Gasteiger partial charge in [-0.05, 0) is 40.6 Å². The van der Waals surface area contributed by atoms with Crippen LogP contribution in [0.5, 0.6) is 17.4 Å². The molecule has 0 N–H and O–H groups in total. The van der Waals surface area contributed by atoms with Crippen molar-refractivity contribution in [2.24, 2.45) is 4.99 Å². The molecule has 2 aliphatic heterocycles. The Balaban J connectivity index is 1.29. The molecule has 0 aliphatic carbocycles. The monoisotopic (exact) mass is 526 g/mol. The number of Topliss-reactive ketones (excluding diaryl/α,β-unsaturated/α-hetero) is 1. The highest BCUT2D eigenvalue weighted by molar-refractivity contribution is 8.14. The first-order valence-corrected chi connectivity index (χ1v) is 12.5. The van der Waals surface area contributed by atoms with Gasteiger partial charge in [-0.2, -0.15) is 0 Å². The van der Waals surface area contributed by atoms with E-state index in [1.165, 1.54) is 9.58 Å². The maximum absolute atomic E-state index is 13.4. The summed E-state index contributed by atoms with van der Waals surface area (Å²) in [6.07, 6.45) is 1.65. The number of carbonyl (C=O) groups is 2. The van der Waals surface area contributed by atoms with Crippen LogP contribution in [0.3, 0.4) is 0 Å². The molecule has 0 unspecified atom stereocenters. The standard InChI is InChI=1S/C27H18N4O6S/c32-21(24-26(34)37-29-31(24)19-9-5-2-6-10-19)15-38-27-28-20(25(33)30(27)18-7-3-1-4-8-18)13-17-11-12-22-23(14-17)36-16-35-22/h1-14H,15-16H2/b20-13+. The van der Waals surface area contributed by atoms with Gasteiger partial charge in [0.15, 0.2) is 22.6 Å². The number of nitrogens with zero attached hydrogens (tertiary/aromatic N) is 4. The zero-order chi connectivity index (χ0) is 26.1.